The smallest absolute Gasteiger partial charge is 0.323 e. The molecule has 0 unspecified atom stereocenters. The van der Waals surface area contributed by atoms with Crippen LogP contribution in [0.15, 0.2) is 23.8 Å². The number of methoxy groups -OCH3 is 2. The van der Waals surface area contributed by atoms with Gasteiger partial charge >= 0.3 is 11.9 Å². The van der Waals surface area contributed by atoms with Gasteiger partial charge in [0.15, 0.2) is 5.41 Å². The van der Waals surface area contributed by atoms with Crippen LogP contribution in [0.4, 0.5) is 0 Å². The van der Waals surface area contributed by atoms with E-state index in [-0.39, 0.29) is 17.3 Å². The summed E-state index contributed by atoms with van der Waals surface area (Å²) >= 11 is 0. The molecule has 4 heteroatoms. The molecule has 0 aliphatic heterocycles. The highest BCUT2D eigenvalue weighted by Crippen LogP contribution is 2.52. The van der Waals surface area contributed by atoms with Crippen LogP contribution in [0.3, 0.4) is 0 Å². The van der Waals surface area contributed by atoms with Gasteiger partial charge in [-0.15, -0.1) is 0 Å². The number of esters is 2. The third-order valence-electron chi connectivity index (χ3n) is 4.90. The van der Waals surface area contributed by atoms with Crippen molar-refractivity contribution in [2.75, 3.05) is 14.2 Å². The summed E-state index contributed by atoms with van der Waals surface area (Å²) in [6.07, 6.45) is 9.58. The minimum absolute atomic E-state index is 0.0754. The molecule has 0 saturated heterocycles. The molecule has 2 aliphatic carbocycles. The summed E-state index contributed by atoms with van der Waals surface area (Å²) in [6, 6.07) is 0. The molecule has 0 heterocycles. The van der Waals surface area contributed by atoms with Gasteiger partial charge in [-0.3, -0.25) is 9.59 Å². The van der Waals surface area contributed by atoms with Crippen molar-refractivity contribution in [3.63, 3.8) is 0 Å². The minimum Gasteiger partial charge on any atom is -0.468 e. The van der Waals surface area contributed by atoms with Crippen molar-refractivity contribution in [2.45, 2.75) is 46.5 Å². The van der Waals surface area contributed by atoms with Crippen LogP contribution in [0.2, 0.25) is 0 Å². The third-order valence-corrected chi connectivity index (χ3v) is 4.90. The van der Waals surface area contributed by atoms with Gasteiger partial charge in [0.25, 0.3) is 0 Å². The summed E-state index contributed by atoms with van der Waals surface area (Å²) in [4.78, 5) is 24.8. The first-order valence-corrected chi connectivity index (χ1v) is 8.28. The number of carbonyl (C=O) groups excluding carboxylic acids is 2. The second-order valence-corrected chi connectivity index (χ2v) is 7.80. The predicted octanol–water partition coefficient (Wildman–Crippen LogP) is 3.67. The summed E-state index contributed by atoms with van der Waals surface area (Å²) in [5, 5.41) is 0. The van der Waals surface area contributed by atoms with Gasteiger partial charge in [0.05, 0.1) is 14.2 Å². The van der Waals surface area contributed by atoms with Crippen molar-refractivity contribution < 1.29 is 19.1 Å². The molecule has 0 bridgehead atoms. The number of ether oxygens (including phenoxy) is 2. The zero-order valence-electron chi connectivity index (χ0n) is 14.8. The Kier molecular flexibility index (Phi) is 5.02. The molecule has 0 aromatic rings. The van der Waals surface area contributed by atoms with Gasteiger partial charge in [-0.05, 0) is 42.9 Å². The van der Waals surface area contributed by atoms with Gasteiger partial charge in [-0.25, -0.2) is 0 Å². The molecule has 2 aliphatic rings. The number of carbonyl (C=O) groups is 2. The molecule has 128 valence electrons. The highest BCUT2D eigenvalue weighted by atomic mass is 16.5. The van der Waals surface area contributed by atoms with E-state index < -0.39 is 17.4 Å². The molecule has 2 rings (SSSR count). The van der Waals surface area contributed by atoms with E-state index in [9.17, 15) is 9.59 Å². The highest BCUT2D eigenvalue weighted by Gasteiger charge is 2.57. The van der Waals surface area contributed by atoms with E-state index in [1.54, 1.807) is 0 Å². The first-order chi connectivity index (χ1) is 10.7. The molecule has 0 N–H and O–H groups in total. The zero-order chi connectivity index (χ0) is 17.3. The molecular weight excluding hydrogens is 292 g/mol. The Labute approximate surface area is 138 Å². The van der Waals surface area contributed by atoms with Crippen molar-refractivity contribution in [1.82, 2.24) is 0 Å². The molecule has 4 nitrogen and oxygen atoms in total. The standard InChI is InChI=1S/C19H28O4/c1-18(2,3)10-13-8-6-7-9-14-11-19(12-15(13)14,16(20)22-4)17(21)23-5/h7,9-10,14-15H,6,8,11-12H2,1-5H3/b13-10+/t14-,15-/m1/s1. The number of rotatable bonds is 2. The van der Waals surface area contributed by atoms with Crippen molar-refractivity contribution >= 4 is 11.9 Å². The molecule has 1 fully saturated rings. The summed E-state index contributed by atoms with van der Waals surface area (Å²) in [5.74, 6) is -0.558. The molecular formula is C19H28O4. The van der Waals surface area contributed by atoms with E-state index in [1.807, 2.05) is 0 Å². The van der Waals surface area contributed by atoms with Crippen LogP contribution < -0.4 is 0 Å². The molecule has 0 aromatic heterocycles. The van der Waals surface area contributed by atoms with Gasteiger partial charge in [0.2, 0.25) is 0 Å². The highest BCUT2D eigenvalue weighted by molar-refractivity contribution is 6.00. The van der Waals surface area contributed by atoms with E-state index in [4.69, 9.17) is 9.47 Å². The fraction of sp³-hybridized carbons (Fsp3) is 0.684. The second kappa shape index (κ2) is 6.50. The number of fused-ring (bicyclic) bond motifs is 1. The van der Waals surface area contributed by atoms with Crippen LogP contribution in [0, 0.1) is 22.7 Å². The van der Waals surface area contributed by atoms with Crippen molar-refractivity contribution in [3.05, 3.63) is 23.8 Å². The van der Waals surface area contributed by atoms with E-state index >= 15 is 0 Å². The van der Waals surface area contributed by atoms with E-state index in [0.29, 0.717) is 12.8 Å². The summed E-state index contributed by atoms with van der Waals surface area (Å²) in [7, 11) is 2.67. The van der Waals surface area contributed by atoms with Crippen molar-refractivity contribution in [1.29, 1.82) is 0 Å². The lowest BCUT2D eigenvalue weighted by Gasteiger charge is -2.25. The van der Waals surface area contributed by atoms with E-state index in [2.05, 4.69) is 39.0 Å². The van der Waals surface area contributed by atoms with Gasteiger partial charge in [-0.2, -0.15) is 0 Å². The Balaban J connectivity index is 2.43. The Hall–Kier alpha value is -1.58. The van der Waals surface area contributed by atoms with Crippen LogP contribution in [0.1, 0.15) is 46.5 Å². The Morgan fingerprint density at radius 3 is 2.30 bits per heavy atom. The molecule has 0 amide bonds. The summed E-state index contributed by atoms with van der Waals surface area (Å²) < 4.78 is 9.90. The van der Waals surface area contributed by atoms with Crippen LogP contribution in [-0.4, -0.2) is 26.2 Å². The van der Waals surface area contributed by atoms with Gasteiger partial charge < -0.3 is 9.47 Å². The van der Waals surface area contributed by atoms with Crippen LogP contribution in [0.25, 0.3) is 0 Å². The number of hydrogen-bond donors (Lipinski definition) is 0. The fourth-order valence-corrected chi connectivity index (χ4v) is 4.01. The third kappa shape index (κ3) is 3.51. The van der Waals surface area contributed by atoms with Crippen molar-refractivity contribution in [2.24, 2.45) is 22.7 Å². The zero-order valence-corrected chi connectivity index (χ0v) is 14.8. The maximum Gasteiger partial charge on any atom is 0.323 e. The molecule has 23 heavy (non-hydrogen) atoms. The molecule has 2 atom stereocenters. The first kappa shape index (κ1) is 17.8. The summed E-state index contributed by atoms with van der Waals surface area (Å²) in [5.41, 5.74) is 0.255. The largest absolute Gasteiger partial charge is 0.468 e. The lowest BCUT2D eigenvalue weighted by molar-refractivity contribution is -0.168. The Bertz CT molecular complexity index is 520. The maximum absolute atomic E-state index is 12.4. The minimum atomic E-state index is -1.17. The number of allylic oxidation sites excluding steroid dienone is 4. The average Bonchev–Trinajstić information content (AvgIpc) is 2.80. The quantitative estimate of drug-likeness (QED) is 0.442. The second-order valence-electron chi connectivity index (χ2n) is 7.80. The summed E-state index contributed by atoms with van der Waals surface area (Å²) in [6.45, 7) is 6.53. The number of hydrogen-bond acceptors (Lipinski definition) is 4. The van der Waals surface area contributed by atoms with Crippen molar-refractivity contribution in [3.8, 4) is 0 Å². The molecule has 0 spiro atoms. The fourth-order valence-electron chi connectivity index (χ4n) is 4.01. The normalized spacial score (nSPS) is 28.1. The van der Waals surface area contributed by atoms with E-state index in [0.717, 1.165) is 12.8 Å². The lowest BCUT2D eigenvalue weighted by atomic mass is 9.81. The van der Waals surface area contributed by atoms with Crippen LogP contribution in [-0.2, 0) is 19.1 Å². The predicted molar refractivity (Wildman–Crippen MR) is 88.6 cm³/mol. The van der Waals surface area contributed by atoms with Gasteiger partial charge in [0, 0.05) is 0 Å². The molecule has 0 aromatic carbocycles. The SMILES string of the molecule is COC(=O)C1(C(=O)OC)C[C@H]2C=CCC/C(=C\C(C)(C)C)[C@H]2C1. The monoisotopic (exact) mass is 320 g/mol. The Morgan fingerprint density at radius 2 is 1.78 bits per heavy atom. The molecule has 0 radical (unpaired) electrons. The molecule has 1 saturated carbocycles. The van der Waals surface area contributed by atoms with Gasteiger partial charge in [-0.1, -0.05) is 44.6 Å². The average molecular weight is 320 g/mol. The maximum atomic E-state index is 12.4. The lowest BCUT2D eigenvalue weighted by Crippen LogP contribution is -2.39. The van der Waals surface area contributed by atoms with Crippen LogP contribution in [0.5, 0.6) is 0 Å². The Morgan fingerprint density at radius 1 is 1.17 bits per heavy atom. The van der Waals surface area contributed by atoms with E-state index in [1.165, 1.54) is 19.8 Å². The van der Waals surface area contributed by atoms with Crippen LogP contribution >= 0.6 is 0 Å². The van der Waals surface area contributed by atoms with Gasteiger partial charge in [0.1, 0.15) is 0 Å². The topological polar surface area (TPSA) is 52.6 Å². The first-order valence-electron chi connectivity index (χ1n) is 8.28.